The lowest BCUT2D eigenvalue weighted by Gasteiger charge is -2.28. The molecule has 0 spiro atoms. The minimum atomic E-state index is -0.950. The molecule has 0 radical (unpaired) electrons. The van der Waals surface area contributed by atoms with Gasteiger partial charge in [-0.15, -0.1) is 0 Å². The molecule has 0 amide bonds. The van der Waals surface area contributed by atoms with E-state index in [4.69, 9.17) is 4.74 Å². The normalized spacial score (nSPS) is 17.7. The van der Waals surface area contributed by atoms with Crippen LogP contribution < -0.4 is 5.69 Å². The Labute approximate surface area is 217 Å². The fourth-order valence-corrected chi connectivity index (χ4v) is 5.31. The van der Waals surface area contributed by atoms with Gasteiger partial charge in [0.25, 0.3) is 0 Å². The van der Waals surface area contributed by atoms with E-state index in [1.165, 1.54) is 11.1 Å². The molecule has 5 rings (SSSR count). The molecule has 7 heteroatoms. The van der Waals surface area contributed by atoms with Gasteiger partial charge in [-0.25, -0.2) is 4.79 Å². The summed E-state index contributed by atoms with van der Waals surface area (Å²) in [4.78, 5) is 19.9. The first-order chi connectivity index (χ1) is 18.2. The fraction of sp³-hybridized carbons (Fsp3) is 0.367. The van der Waals surface area contributed by atoms with Crippen LogP contribution in [0, 0.1) is 0 Å². The second-order valence-electron chi connectivity index (χ2n) is 9.82. The number of nitrogens with zero attached hydrogens (tertiary/aromatic N) is 3. The SMILES string of the molecule is O=c1[nH]c2ccccc2n1C1CCCN(C(O)OCCN(Cc2ccccc2)Cc2ccccc2)CC1. The van der Waals surface area contributed by atoms with Crippen LogP contribution in [0.2, 0.25) is 0 Å². The van der Waals surface area contributed by atoms with E-state index in [-0.39, 0.29) is 11.7 Å². The minimum absolute atomic E-state index is 0.0617. The van der Waals surface area contributed by atoms with Crippen LogP contribution in [0.5, 0.6) is 0 Å². The summed E-state index contributed by atoms with van der Waals surface area (Å²) in [5.74, 6) is 0. The van der Waals surface area contributed by atoms with Crippen LogP contribution >= 0.6 is 0 Å². The smallest absolute Gasteiger partial charge is 0.326 e. The third-order valence-corrected chi connectivity index (χ3v) is 7.21. The average molecular weight is 501 g/mol. The molecule has 1 saturated heterocycles. The number of fused-ring (bicyclic) bond motifs is 1. The lowest BCUT2D eigenvalue weighted by molar-refractivity contribution is -0.194. The number of aromatic nitrogens is 2. The van der Waals surface area contributed by atoms with E-state index < -0.39 is 6.41 Å². The highest BCUT2D eigenvalue weighted by atomic mass is 16.6. The Hall–Kier alpha value is -3.23. The van der Waals surface area contributed by atoms with Gasteiger partial charge in [0, 0.05) is 38.8 Å². The van der Waals surface area contributed by atoms with Crippen molar-refractivity contribution in [3.05, 3.63) is 107 Å². The van der Waals surface area contributed by atoms with Crippen molar-refractivity contribution in [2.24, 2.45) is 0 Å². The average Bonchev–Trinajstić information content (AvgIpc) is 3.07. The Kier molecular flexibility index (Phi) is 8.48. The van der Waals surface area contributed by atoms with Gasteiger partial charge in [-0.1, -0.05) is 72.8 Å². The van der Waals surface area contributed by atoms with E-state index in [9.17, 15) is 9.90 Å². The Morgan fingerprint density at radius 2 is 1.54 bits per heavy atom. The summed E-state index contributed by atoms with van der Waals surface area (Å²) in [6.07, 6.45) is 1.63. The van der Waals surface area contributed by atoms with E-state index in [0.717, 1.165) is 49.9 Å². The summed E-state index contributed by atoms with van der Waals surface area (Å²) in [7, 11) is 0. The number of rotatable bonds is 10. The number of aromatic amines is 1. The summed E-state index contributed by atoms with van der Waals surface area (Å²) in [5.41, 5.74) is 4.26. The van der Waals surface area contributed by atoms with Gasteiger partial charge in [-0.3, -0.25) is 14.4 Å². The summed E-state index contributed by atoms with van der Waals surface area (Å²) in [6, 6.07) is 28.8. The largest absolute Gasteiger partial charge is 0.356 e. The van der Waals surface area contributed by atoms with Crippen molar-refractivity contribution in [1.82, 2.24) is 19.4 Å². The summed E-state index contributed by atoms with van der Waals surface area (Å²) in [5, 5.41) is 10.8. The van der Waals surface area contributed by atoms with Crippen LogP contribution in [0.4, 0.5) is 0 Å². The molecule has 194 valence electrons. The molecule has 2 unspecified atom stereocenters. The van der Waals surface area contributed by atoms with Crippen molar-refractivity contribution in [3.63, 3.8) is 0 Å². The number of aliphatic hydroxyl groups excluding tert-OH is 1. The monoisotopic (exact) mass is 500 g/mol. The number of likely N-dealkylation sites (tertiary alicyclic amines) is 1. The van der Waals surface area contributed by atoms with Crippen LogP contribution in [0.15, 0.2) is 89.7 Å². The van der Waals surface area contributed by atoms with Crippen LogP contribution in [-0.4, -0.2) is 57.1 Å². The van der Waals surface area contributed by atoms with E-state index in [1.54, 1.807) is 0 Å². The molecular weight excluding hydrogens is 464 g/mol. The van der Waals surface area contributed by atoms with Crippen molar-refractivity contribution in [3.8, 4) is 0 Å². The predicted octanol–water partition coefficient (Wildman–Crippen LogP) is 4.35. The maximum absolute atomic E-state index is 12.6. The highest BCUT2D eigenvalue weighted by Crippen LogP contribution is 2.25. The predicted molar refractivity (Wildman–Crippen MR) is 146 cm³/mol. The van der Waals surface area contributed by atoms with Crippen LogP contribution in [-0.2, 0) is 17.8 Å². The zero-order valence-electron chi connectivity index (χ0n) is 21.2. The molecule has 0 bridgehead atoms. The minimum Gasteiger partial charge on any atom is -0.356 e. The van der Waals surface area contributed by atoms with Gasteiger partial charge in [-0.05, 0) is 42.5 Å². The Morgan fingerprint density at radius 3 is 2.24 bits per heavy atom. The van der Waals surface area contributed by atoms with E-state index >= 15 is 0 Å². The molecule has 2 atom stereocenters. The molecule has 1 aliphatic heterocycles. The molecule has 37 heavy (non-hydrogen) atoms. The van der Waals surface area contributed by atoms with E-state index in [1.807, 2.05) is 45.9 Å². The number of hydrogen-bond acceptors (Lipinski definition) is 5. The Balaban J connectivity index is 1.16. The van der Waals surface area contributed by atoms with Crippen LogP contribution in [0.3, 0.4) is 0 Å². The third-order valence-electron chi connectivity index (χ3n) is 7.21. The van der Waals surface area contributed by atoms with Gasteiger partial charge in [0.15, 0.2) is 0 Å². The lowest BCUT2D eigenvalue weighted by atomic mass is 10.1. The van der Waals surface area contributed by atoms with Gasteiger partial charge in [0.1, 0.15) is 0 Å². The summed E-state index contributed by atoms with van der Waals surface area (Å²) in [6.45, 7) is 4.20. The maximum Gasteiger partial charge on any atom is 0.326 e. The van der Waals surface area contributed by atoms with Crippen molar-refractivity contribution >= 4 is 11.0 Å². The molecule has 2 N–H and O–H groups in total. The van der Waals surface area contributed by atoms with Crippen molar-refractivity contribution < 1.29 is 9.84 Å². The van der Waals surface area contributed by atoms with Gasteiger partial charge in [-0.2, -0.15) is 0 Å². The van der Waals surface area contributed by atoms with Gasteiger partial charge in [0.2, 0.25) is 6.41 Å². The third kappa shape index (κ3) is 6.56. The quantitative estimate of drug-likeness (QED) is 0.317. The van der Waals surface area contributed by atoms with Gasteiger partial charge < -0.3 is 14.8 Å². The molecule has 4 aromatic rings. The van der Waals surface area contributed by atoms with Crippen LogP contribution in [0.1, 0.15) is 36.4 Å². The first-order valence-electron chi connectivity index (χ1n) is 13.2. The number of para-hydroxylation sites is 2. The summed E-state index contributed by atoms with van der Waals surface area (Å²) < 4.78 is 7.81. The fourth-order valence-electron chi connectivity index (χ4n) is 5.31. The number of nitrogens with one attached hydrogen (secondary N) is 1. The second-order valence-corrected chi connectivity index (χ2v) is 9.82. The van der Waals surface area contributed by atoms with Gasteiger partial charge in [0.05, 0.1) is 17.6 Å². The number of benzene rings is 3. The lowest BCUT2D eigenvalue weighted by Crippen LogP contribution is -2.39. The number of hydrogen-bond donors (Lipinski definition) is 2. The molecule has 1 aliphatic rings. The number of aliphatic hydroxyl groups is 1. The second kappa shape index (κ2) is 12.3. The first kappa shape index (κ1) is 25.4. The highest BCUT2D eigenvalue weighted by molar-refractivity contribution is 5.75. The van der Waals surface area contributed by atoms with E-state index in [0.29, 0.717) is 19.7 Å². The molecular formula is C30H36N4O3. The zero-order valence-corrected chi connectivity index (χ0v) is 21.2. The van der Waals surface area contributed by atoms with Crippen molar-refractivity contribution in [2.75, 3.05) is 26.2 Å². The van der Waals surface area contributed by atoms with Crippen molar-refractivity contribution in [2.45, 2.75) is 44.8 Å². The zero-order chi connectivity index (χ0) is 25.5. The van der Waals surface area contributed by atoms with Crippen molar-refractivity contribution in [1.29, 1.82) is 0 Å². The standard InChI is InChI=1S/C30H36N4O3/c35-29-31-27-15-7-8-16-28(27)34(29)26-14-9-18-33(19-17-26)30(36)37-21-20-32(22-24-10-3-1-4-11-24)23-25-12-5-2-6-13-25/h1-8,10-13,15-16,26,30,36H,9,14,17-23H2,(H,31,35). The molecule has 0 aliphatic carbocycles. The number of ether oxygens (including phenoxy) is 1. The molecule has 1 aromatic heterocycles. The van der Waals surface area contributed by atoms with E-state index in [2.05, 4.69) is 58.4 Å². The molecule has 7 nitrogen and oxygen atoms in total. The molecule has 3 aromatic carbocycles. The number of H-pyrrole nitrogens is 1. The maximum atomic E-state index is 12.6. The Bertz CT molecular complexity index is 1260. The summed E-state index contributed by atoms with van der Waals surface area (Å²) >= 11 is 0. The van der Waals surface area contributed by atoms with Gasteiger partial charge >= 0.3 is 5.69 Å². The molecule has 2 heterocycles. The molecule has 0 saturated carbocycles. The Morgan fingerprint density at radius 1 is 0.892 bits per heavy atom. The molecule has 1 fully saturated rings. The number of imidazole rings is 1. The highest BCUT2D eigenvalue weighted by Gasteiger charge is 2.25. The topological polar surface area (TPSA) is 73.7 Å². The van der Waals surface area contributed by atoms with Crippen LogP contribution in [0.25, 0.3) is 11.0 Å². The first-order valence-corrected chi connectivity index (χ1v) is 13.2.